The minimum absolute atomic E-state index is 0.138. The third kappa shape index (κ3) is 4.32. The molecule has 0 saturated heterocycles. The molecule has 0 aliphatic carbocycles. The molecule has 29 heavy (non-hydrogen) atoms. The van der Waals surface area contributed by atoms with Crippen LogP contribution in [0.1, 0.15) is 36.8 Å². The maximum absolute atomic E-state index is 12.9. The Labute approximate surface area is 174 Å². The smallest absolute Gasteiger partial charge is 0.279 e. The first-order chi connectivity index (χ1) is 14.0. The van der Waals surface area contributed by atoms with E-state index in [-0.39, 0.29) is 17.9 Å². The second-order valence-electron chi connectivity index (χ2n) is 6.68. The molecule has 0 fully saturated rings. The lowest BCUT2D eigenvalue weighted by molar-refractivity contribution is -0.116. The molecule has 2 heterocycles. The highest BCUT2D eigenvalue weighted by atomic mass is 32.2. The Bertz CT molecular complexity index is 987. The second-order valence-corrected chi connectivity index (χ2v) is 7.75. The quantitative estimate of drug-likeness (QED) is 0.405. The molecule has 1 N–H and O–H groups in total. The molecule has 0 radical (unpaired) electrons. The number of hydrogen-bond donors (Lipinski definition) is 1. The molecule has 0 saturated carbocycles. The van der Waals surface area contributed by atoms with Crippen molar-refractivity contribution in [2.45, 2.75) is 30.8 Å². The van der Waals surface area contributed by atoms with E-state index in [4.69, 9.17) is 9.47 Å². The number of benzene rings is 1. The van der Waals surface area contributed by atoms with Gasteiger partial charge < -0.3 is 19.4 Å². The molecule has 1 unspecified atom stereocenters. The summed E-state index contributed by atoms with van der Waals surface area (Å²) in [7, 11) is 3.37. The van der Waals surface area contributed by atoms with Crippen LogP contribution in [0.25, 0.3) is 0 Å². The molecule has 1 amide bonds. The minimum Gasteiger partial charge on any atom is -0.493 e. The summed E-state index contributed by atoms with van der Waals surface area (Å²) in [4.78, 5) is 29.6. The molecule has 2 aromatic rings. The van der Waals surface area contributed by atoms with Crippen LogP contribution in [0, 0.1) is 0 Å². The fraction of sp³-hybridized carbons (Fsp3) is 0.381. The molecule has 0 bridgehead atoms. The van der Waals surface area contributed by atoms with Gasteiger partial charge in [0.2, 0.25) is 5.91 Å². The average Bonchev–Trinajstić information content (AvgIpc) is 2.72. The largest absolute Gasteiger partial charge is 0.493 e. The Morgan fingerprint density at radius 1 is 1.38 bits per heavy atom. The number of carbonyl (C=O) groups excluding carboxylic acids is 1. The highest BCUT2D eigenvalue weighted by molar-refractivity contribution is 7.99. The van der Waals surface area contributed by atoms with Gasteiger partial charge in [-0.25, -0.2) is 0 Å². The first-order valence-corrected chi connectivity index (χ1v) is 10.4. The first-order valence-electron chi connectivity index (χ1n) is 9.45. The summed E-state index contributed by atoms with van der Waals surface area (Å²) in [5.41, 5.74) is 0.985. The molecule has 1 aliphatic rings. The van der Waals surface area contributed by atoms with Crippen LogP contribution in [0.15, 0.2) is 40.8 Å². The number of nitrogens with one attached hydrogen (secondary N) is 1. The standard InChI is InChI=1S/C21H25N3O4S/c1-5-9-28-15-8-7-13(11-16(15)27-4)14-12-17(25)22-19-18(14)20(26)23-21(24(19)3)29-10-6-2/h5,7-8,11,14H,1,6,9-10,12H2,2-4H3,(H,22,25). The van der Waals surface area contributed by atoms with Crippen molar-refractivity contribution in [3.05, 3.63) is 52.3 Å². The van der Waals surface area contributed by atoms with Crippen LogP contribution in [0.4, 0.5) is 5.82 Å². The van der Waals surface area contributed by atoms with Gasteiger partial charge in [0, 0.05) is 25.1 Å². The molecular formula is C21H25N3O4S. The molecule has 1 atom stereocenters. The monoisotopic (exact) mass is 415 g/mol. The molecule has 7 nitrogen and oxygen atoms in total. The predicted molar refractivity (Wildman–Crippen MR) is 114 cm³/mol. The van der Waals surface area contributed by atoms with Gasteiger partial charge in [0.15, 0.2) is 16.7 Å². The molecular weight excluding hydrogens is 390 g/mol. The number of ether oxygens (including phenoxy) is 2. The van der Waals surface area contributed by atoms with Gasteiger partial charge in [0.1, 0.15) is 12.4 Å². The molecule has 8 heteroatoms. The zero-order chi connectivity index (χ0) is 21.0. The summed E-state index contributed by atoms with van der Waals surface area (Å²) < 4.78 is 12.8. The van der Waals surface area contributed by atoms with Gasteiger partial charge in [0.05, 0.1) is 12.7 Å². The zero-order valence-corrected chi connectivity index (χ0v) is 17.7. The topological polar surface area (TPSA) is 82.5 Å². The highest BCUT2D eigenvalue weighted by Crippen LogP contribution is 2.39. The van der Waals surface area contributed by atoms with E-state index in [2.05, 4.69) is 23.8 Å². The number of rotatable bonds is 8. The molecule has 1 aliphatic heterocycles. The number of methoxy groups -OCH3 is 1. The summed E-state index contributed by atoms with van der Waals surface area (Å²) in [5.74, 6) is 1.93. The molecule has 1 aromatic carbocycles. The number of thioether (sulfide) groups is 1. The van der Waals surface area contributed by atoms with Crippen LogP contribution in [0.3, 0.4) is 0 Å². The molecule has 3 rings (SSSR count). The highest BCUT2D eigenvalue weighted by Gasteiger charge is 2.32. The van der Waals surface area contributed by atoms with E-state index >= 15 is 0 Å². The van der Waals surface area contributed by atoms with Crippen LogP contribution in [0.5, 0.6) is 11.5 Å². The normalized spacial score (nSPS) is 15.4. The maximum atomic E-state index is 12.9. The SMILES string of the molecule is C=CCOc1ccc(C2CC(=O)Nc3c2c(=O)nc(SCCC)n3C)cc1OC. The summed E-state index contributed by atoms with van der Waals surface area (Å²) in [6.07, 6.45) is 2.78. The van der Waals surface area contributed by atoms with Gasteiger partial charge >= 0.3 is 0 Å². The minimum atomic E-state index is -0.405. The number of aromatic nitrogens is 2. The lowest BCUT2D eigenvalue weighted by atomic mass is 9.86. The number of fused-ring (bicyclic) bond motifs is 1. The third-order valence-electron chi connectivity index (χ3n) is 4.68. The zero-order valence-electron chi connectivity index (χ0n) is 16.9. The fourth-order valence-electron chi connectivity index (χ4n) is 3.31. The third-order valence-corrected chi connectivity index (χ3v) is 5.92. The number of amides is 1. The van der Waals surface area contributed by atoms with E-state index in [1.807, 2.05) is 19.2 Å². The number of nitrogens with zero attached hydrogens (tertiary/aromatic N) is 2. The van der Waals surface area contributed by atoms with Crippen molar-refractivity contribution in [1.29, 1.82) is 0 Å². The van der Waals surface area contributed by atoms with Crippen molar-refractivity contribution in [1.82, 2.24) is 9.55 Å². The Morgan fingerprint density at radius 3 is 2.86 bits per heavy atom. The van der Waals surface area contributed by atoms with Gasteiger partial charge in [-0.05, 0) is 24.1 Å². The Balaban J connectivity index is 2.07. The Morgan fingerprint density at radius 2 is 2.17 bits per heavy atom. The van der Waals surface area contributed by atoms with Crippen molar-refractivity contribution in [3.63, 3.8) is 0 Å². The number of hydrogen-bond acceptors (Lipinski definition) is 6. The average molecular weight is 416 g/mol. The summed E-state index contributed by atoms with van der Waals surface area (Å²) >= 11 is 1.50. The van der Waals surface area contributed by atoms with Crippen molar-refractivity contribution in [2.24, 2.45) is 7.05 Å². The Hall–Kier alpha value is -2.74. The van der Waals surface area contributed by atoms with Gasteiger partial charge in [-0.3, -0.25) is 9.59 Å². The van der Waals surface area contributed by atoms with Crippen molar-refractivity contribution in [3.8, 4) is 11.5 Å². The van der Waals surface area contributed by atoms with Crippen molar-refractivity contribution < 1.29 is 14.3 Å². The lowest BCUT2D eigenvalue weighted by Crippen LogP contribution is -2.33. The Kier molecular flexibility index (Phi) is 6.64. The second kappa shape index (κ2) is 9.17. The van der Waals surface area contributed by atoms with Crippen LogP contribution in [0.2, 0.25) is 0 Å². The molecule has 154 valence electrons. The lowest BCUT2D eigenvalue weighted by Gasteiger charge is -2.28. The van der Waals surface area contributed by atoms with E-state index in [1.165, 1.54) is 11.8 Å². The number of carbonyl (C=O) groups is 1. The first kappa shape index (κ1) is 21.0. The van der Waals surface area contributed by atoms with E-state index in [0.717, 1.165) is 17.7 Å². The van der Waals surface area contributed by atoms with E-state index < -0.39 is 5.92 Å². The van der Waals surface area contributed by atoms with Crippen molar-refractivity contribution >= 4 is 23.5 Å². The van der Waals surface area contributed by atoms with E-state index in [0.29, 0.717) is 34.6 Å². The van der Waals surface area contributed by atoms with Gasteiger partial charge in [-0.15, -0.1) is 0 Å². The maximum Gasteiger partial charge on any atom is 0.279 e. The van der Waals surface area contributed by atoms with Crippen LogP contribution in [-0.2, 0) is 11.8 Å². The van der Waals surface area contributed by atoms with Crippen molar-refractivity contribution in [2.75, 3.05) is 24.8 Å². The summed E-state index contributed by atoms with van der Waals surface area (Å²) in [6.45, 7) is 6.06. The number of anilines is 1. The van der Waals surface area contributed by atoms with E-state index in [9.17, 15) is 9.59 Å². The molecule has 1 aromatic heterocycles. The van der Waals surface area contributed by atoms with Gasteiger partial charge in [-0.2, -0.15) is 4.98 Å². The molecule has 0 spiro atoms. The summed E-state index contributed by atoms with van der Waals surface area (Å²) in [6, 6.07) is 5.45. The van der Waals surface area contributed by atoms with Crippen LogP contribution < -0.4 is 20.3 Å². The fourth-order valence-corrected chi connectivity index (χ4v) is 4.13. The van der Waals surface area contributed by atoms with Crippen LogP contribution >= 0.6 is 11.8 Å². The van der Waals surface area contributed by atoms with Crippen LogP contribution in [-0.4, -0.2) is 34.9 Å². The van der Waals surface area contributed by atoms with Gasteiger partial charge in [0.25, 0.3) is 5.56 Å². The van der Waals surface area contributed by atoms with Gasteiger partial charge in [-0.1, -0.05) is 37.4 Å². The predicted octanol–water partition coefficient (Wildman–Crippen LogP) is 3.33. The van der Waals surface area contributed by atoms with E-state index in [1.54, 1.807) is 23.8 Å². The summed E-state index contributed by atoms with van der Waals surface area (Å²) in [5, 5.41) is 3.46.